The SMILES string of the molecule is CC(C)(C)OC(=O)C1CCC(c2[nH]cnc3cnc4nccc4c23)C1. The van der Waals surface area contributed by atoms with E-state index in [2.05, 4.69) is 19.9 Å². The largest absolute Gasteiger partial charge is 0.460 e. The van der Waals surface area contributed by atoms with Gasteiger partial charge in [0.15, 0.2) is 5.65 Å². The van der Waals surface area contributed by atoms with E-state index in [1.807, 2.05) is 26.8 Å². The van der Waals surface area contributed by atoms with Crippen LogP contribution in [0.3, 0.4) is 0 Å². The fraction of sp³-hybridized carbons (Fsp3) is 0.474. The first-order valence-electron chi connectivity index (χ1n) is 8.72. The molecule has 1 saturated carbocycles. The minimum absolute atomic E-state index is 0.0454. The smallest absolute Gasteiger partial charge is 0.309 e. The number of hydrogen-bond donors (Lipinski definition) is 1. The molecule has 3 aromatic rings. The number of nitrogens with one attached hydrogen (secondary N) is 1. The third kappa shape index (κ3) is 2.97. The van der Waals surface area contributed by atoms with Gasteiger partial charge in [-0.3, -0.25) is 4.79 Å². The van der Waals surface area contributed by atoms with E-state index < -0.39 is 5.60 Å². The highest BCUT2D eigenvalue weighted by atomic mass is 16.6. The van der Waals surface area contributed by atoms with Gasteiger partial charge in [0.25, 0.3) is 0 Å². The van der Waals surface area contributed by atoms with Gasteiger partial charge in [0.1, 0.15) is 5.60 Å². The third-order valence-electron chi connectivity index (χ3n) is 4.79. The number of aromatic amines is 1. The van der Waals surface area contributed by atoms with Crippen LogP contribution in [0.1, 0.15) is 51.6 Å². The van der Waals surface area contributed by atoms with Crippen LogP contribution >= 0.6 is 0 Å². The number of pyridine rings is 1. The van der Waals surface area contributed by atoms with Gasteiger partial charge in [0.2, 0.25) is 0 Å². The van der Waals surface area contributed by atoms with E-state index in [1.165, 1.54) is 0 Å². The van der Waals surface area contributed by atoms with Crippen molar-refractivity contribution in [3.8, 4) is 0 Å². The van der Waals surface area contributed by atoms with Gasteiger partial charge in [-0.05, 0) is 46.1 Å². The van der Waals surface area contributed by atoms with E-state index in [-0.39, 0.29) is 17.8 Å². The molecule has 2 atom stereocenters. The summed E-state index contributed by atoms with van der Waals surface area (Å²) in [6.45, 7) is 5.73. The third-order valence-corrected chi connectivity index (χ3v) is 4.79. The van der Waals surface area contributed by atoms with Gasteiger partial charge >= 0.3 is 5.97 Å². The van der Waals surface area contributed by atoms with Crippen molar-refractivity contribution in [1.82, 2.24) is 19.9 Å². The van der Waals surface area contributed by atoms with Gasteiger partial charge in [-0.15, -0.1) is 0 Å². The Kier molecular flexibility index (Phi) is 3.71. The number of carbonyl (C=O) groups excluding carboxylic acids is 1. The summed E-state index contributed by atoms with van der Waals surface area (Å²) in [5.41, 5.74) is 2.27. The lowest BCUT2D eigenvalue weighted by Gasteiger charge is -2.22. The molecule has 0 radical (unpaired) electrons. The number of fused-ring (bicyclic) bond motifs is 3. The van der Waals surface area contributed by atoms with E-state index in [9.17, 15) is 4.79 Å². The Bertz CT molecular complexity index is 941. The summed E-state index contributed by atoms with van der Waals surface area (Å²) in [6, 6.07) is 1.98. The second-order valence-electron chi connectivity index (χ2n) is 7.76. The maximum absolute atomic E-state index is 12.4. The predicted octanol–water partition coefficient (Wildman–Crippen LogP) is 3.73. The van der Waals surface area contributed by atoms with E-state index in [4.69, 9.17) is 4.74 Å². The molecule has 4 rings (SSSR count). The molecule has 25 heavy (non-hydrogen) atoms. The van der Waals surface area contributed by atoms with Crippen LogP contribution in [0.5, 0.6) is 0 Å². The number of ether oxygens (including phenoxy) is 1. The summed E-state index contributed by atoms with van der Waals surface area (Å²) >= 11 is 0. The van der Waals surface area contributed by atoms with Gasteiger partial charge in [0, 0.05) is 28.6 Å². The Morgan fingerprint density at radius 2 is 2.08 bits per heavy atom. The normalized spacial score (nSPS) is 21.1. The molecule has 6 nitrogen and oxygen atoms in total. The molecule has 3 heterocycles. The molecule has 130 valence electrons. The van der Waals surface area contributed by atoms with Crippen molar-refractivity contribution in [2.45, 2.75) is 51.6 Å². The summed E-state index contributed by atoms with van der Waals surface area (Å²) < 4.78 is 5.57. The van der Waals surface area contributed by atoms with Crippen molar-refractivity contribution in [3.05, 3.63) is 30.5 Å². The number of aromatic nitrogens is 4. The molecule has 1 aliphatic carbocycles. The van der Waals surface area contributed by atoms with E-state index >= 15 is 0 Å². The molecular weight excluding hydrogens is 316 g/mol. The Morgan fingerprint density at radius 3 is 2.88 bits per heavy atom. The van der Waals surface area contributed by atoms with Crippen molar-refractivity contribution < 1.29 is 9.53 Å². The molecule has 0 aromatic carbocycles. The zero-order valence-electron chi connectivity index (χ0n) is 14.7. The van der Waals surface area contributed by atoms with Crippen LogP contribution in [0.4, 0.5) is 0 Å². The van der Waals surface area contributed by atoms with Gasteiger partial charge in [-0.2, -0.15) is 0 Å². The van der Waals surface area contributed by atoms with Crippen LogP contribution in [0.15, 0.2) is 24.8 Å². The maximum Gasteiger partial charge on any atom is 0.309 e. The second-order valence-corrected chi connectivity index (χ2v) is 7.76. The van der Waals surface area contributed by atoms with E-state index in [0.29, 0.717) is 0 Å². The zero-order chi connectivity index (χ0) is 17.6. The van der Waals surface area contributed by atoms with Crippen molar-refractivity contribution in [2.24, 2.45) is 5.92 Å². The standard InChI is InChI=1S/C19H22N4O2/c1-19(2,3)25-18(24)12-5-4-11(8-12)16-15-13-6-7-20-17(13)21-9-14(15)22-10-23-16/h6-7,9-12H,4-5,8H2,1-3H3,(H,22,23). The number of carbonyl (C=O) groups is 1. The van der Waals surface area contributed by atoms with E-state index in [0.717, 1.165) is 46.9 Å². The number of rotatable bonds is 2. The van der Waals surface area contributed by atoms with Gasteiger partial charge in [-0.1, -0.05) is 0 Å². The number of hydrogen-bond acceptors (Lipinski definition) is 5. The topological polar surface area (TPSA) is 80.8 Å². The van der Waals surface area contributed by atoms with Crippen molar-refractivity contribution in [2.75, 3.05) is 0 Å². The highest BCUT2D eigenvalue weighted by molar-refractivity contribution is 6.04. The van der Waals surface area contributed by atoms with Crippen molar-refractivity contribution in [3.63, 3.8) is 0 Å². The summed E-state index contributed by atoms with van der Waals surface area (Å²) in [7, 11) is 0. The van der Waals surface area contributed by atoms with Crippen LogP contribution in [0, 0.1) is 5.92 Å². The molecular formula is C19H22N4O2. The summed E-state index contributed by atoms with van der Waals surface area (Å²) in [4.78, 5) is 28.8. The fourth-order valence-corrected chi connectivity index (χ4v) is 3.74. The molecule has 1 aliphatic rings. The fourth-order valence-electron chi connectivity index (χ4n) is 3.74. The lowest BCUT2D eigenvalue weighted by Crippen LogP contribution is -2.27. The second kappa shape index (κ2) is 5.79. The lowest BCUT2D eigenvalue weighted by atomic mass is 9.97. The Hall–Kier alpha value is -2.50. The molecule has 1 N–H and O–H groups in total. The quantitative estimate of drug-likeness (QED) is 0.720. The van der Waals surface area contributed by atoms with E-state index in [1.54, 1.807) is 18.7 Å². The molecule has 3 aromatic heterocycles. The molecule has 0 spiro atoms. The average Bonchev–Trinajstić information content (AvgIpc) is 3.22. The van der Waals surface area contributed by atoms with Crippen LogP contribution in [-0.4, -0.2) is 31.5 Å². The minimum atomic E-state index is -0.441. The highest BCUT2D eigenvalue weighted by Gasteiger charge is 2.35. The van der Waals surface area contributed by atoms with Gasteiger partial charge < -0.3 is 9.72 Å². The van der Waals surface area contributed by atoms with Crippen LogP contribution < -0.4 is 0 Å². The molecule has 0 aliphatic heterocycles. The lowest BCUT2D eigenvalue weighted by molar-refractivity contribution is -0.159. The Balaban J connectivity index is 1.67. The molecule has 0 amide bonds. The first-order chi connectivity index (χ1) is 11.9. The Labute approximate surface area is 146 Å². The highest BCUT2D eigenvalue weighted by Crippen LogP contribution is 2.41. The summed E-state index contributed by atoms with van der Waals surface area (Å²) in [6.07, 6.45) is 7.85. The molecule has 6 heteroatoms. The number of nitrogens with zero attached hydrogens (tertiary/aromatic N) is 3. The van der Waals surface area contributed by atoms with Gasteiger partial charge in [-0.25, -0.2) is 15.0 Å². The Morgan fingerprint density at radius 1 is 1.24 bits per heavy atom. The predicted molar refractivity (Wildman–Crippen MR) is 95.1 cm³/mol. The number of H-pyrrole nitrogens is 1. The first kappa shape index (κ1) is 16.0. The van der Waals surface area contributed by atoms with Crippen LogP contribution in [-0.2, 0) is 9.53 Å². The van der Waals surface area contributed by atoms with Crippen molar-refractivity contribution >= 4 is 27.9 Å². The van der Waals surface area contributed by atoms with Crippen molar-refractivity contribution in [1.29, 1.82) is 0 Å². The average molecular weight is 338 g/mol. The maximum atomic E-state index is 12.4. The molecule has 0 saturated heterocycles. The summed E-state index contributed by atoms with van der Waals surface area (Å²) in [5.74, 6) is 0.148. The number of esters is 1. The molecule has 2 unspecified atom stereocenters. The van der Waals surface area contributed by atoms with Crippen LogP contribution in [0.25, 0.3) is 21.9 Å². The monoisotopic (exact) mass is 338 g/mol. The van der Waals surface area contributed by atoms with Crippen LogP contribution in [0.2, 0.25) is 0 Å². The summed E-state index contributed by atoms with van der Waals surface area (Å²) in [5, 5.41) is 2.08. The first-order valence-corrected chi connectivity index (χ1v) is 8.72. The minimum Gasteiger partial charge on any atom is -0.460 e. The van der Waals surface area contributed by atoms with Gasteiger partial charge in [0.05, 0.1) is 24.0 Å². The molecule has 0 bridgehead atoms. The molecule has 1 fully saturated rings. The zero-order valence-corrected chi connectivity index (χ0v) is 14.7.